The second-order valence-corrected chi connectivity index (χ2v) is 9.46. The molecule has 4 rings (SSSR count). The van der Waals surface area contributed by atoms with Gasteiger partial charge in [-0.25, -0.2) is 4.98 Å². The van der Waals surface area contributed by atoms with Crippen LogP contribution < -0.4 is 4.74 Å². The number of nitrogens with zero attached hydrogens (tertiary/aromatic N) is 1. The molecule has 2 unspecified atom stereocenters. The van der Waals surface area contributed by atoms with E-state index < -0.39 is 0 Å². The third-order valence-corrected chi connectivity index (χ3v) is 6.56. The minimum absolute atomic E-state index is 0.0447. The molecule has 2 aromatic carbocycles. The van der Waals surface area contributed by atoms with Gasteiger partial charge in [-0.05, 0) is 60.4 Å². The maximum Gasteiger partial charge on any atom is 0.310 e. The number of pyridine rings is 1. The zero-order valence-electron chi connectivity index (χ0n) is 19.3. The molecule has 3 aromatic rings. The van der Waals surface area contributed by atoms with Gasteiger partial charge in [-0.3, -0.25) is 4.79 Å². The number of carbonyl (C=O) groups excluding carboxylic acids is 1. The van der Waals surface area contributed by atoms with Crippen LogP contribution >= 0.6 is 0 Å². The maximum absolute atomic E-state index is 12.6. The van der Waals surface area contributed by atoms with E-state index in [0.717, 1.165) is 40.8 Å². The number of esters is 1. The van der Waals surface area contributed by atoms with E-state index >= 15 is 0 Å². The highest BCUT2D eigenvalue weighted by molar-refractivity contribution is 5.78. The lowest BCUT2D eigenvalue weighted by atomic mass is 9.75. The summed E-state index contributed by atoms with van der Waals surface area (Å²) in [6.45, 7) is 7.12. The Morgan fingerprint density at radius 3 is 2.59 bits per heavy atom. The van der Waals surface area contributed by atoms with Gasteiger partial charge in [-0.15, -0.1) is 0 Å². The van der Waals surface area contributed by atoms with Gasteiger partial charge in [0, 0.05) is 5.39 Å². The topological polar surface area (TPSA) is 48.4 Å². The van der Waals surface area contributed by atoms with E-state index in [9.17, 15) is 4.79 Å². The molecule has 1 aliphatic rings. The summed E-state index contributed by atoms with van der Waals surface area (Å²) in [5.74, 6) is 2.25. The van der Waals surface area contributed by atoms with Crippen molar-refractivity contribution in [2.75, 3.05) is 0 Å². The molecule has 1 saturated carbocycles. The number of benzene rings is 2. The normalized spacial score (nSPS) is 20.9. The Morgan fingerprint density at radius 2 is 1.81 bits per heavy atom. The van der Waals surface area contributed by atoms with Crippen molar-refractivity contribution >= 4 is 16.9 Å². The van der Waals surface area contributed by atoms with Gasteiger partial charge in [-0.2, -0.15) is 0 Å². The molecule has 1 heterocycles. The maximum atomic E-state index is 12.6. The molecule has 32 heavy (non-hydrogen) atoms. The summed E-state index contributed by atoms with van der Waals surface area (Å²) in [4.78, 5) is 17.2. The molecule has 1 aliphatic carbocycles. The van der Waals surface area contributed by atoms with Crippen LogP contribution in [0, 0.1) is 17.8 Å². The van der Waals surface area contributed by atoms with Gasteiger partial charge in [0.1, 0.15) is 18.5 Å². The van der Waals surface area contributed by atoms with E-state index in [2.05, 4.69) is 37.9 Å². The summed E-state index contributed by atoms with van der Waals surface area (Å²) in [5.41, 5.74) is 2.79. The minimum atomic E-state index is -0.135. The van der Waals surface area contributed by atoms with E-state index in [1.165, 1.54) is 6.42 Å². The fourth-order valence-electron chi connectivity index (χ4n) is 4.68. The minimum Gasteiger partial charge on any atom is -0.487 e. The fraction of sp³-hybridized carbons (Fsp3) is 0.429. The number of hydrogen-bond donors (Lipinski definition) is 0. The first-order chi connectivity index (χ1) is 15.5. The van der Waals surface area contributed by atoms with Crippen LogP contribution in [0.2, 0.25) is 0 Å². The largest absolute Gasteiger partial charge is 0.487 e. The van der Waals surface area contributed by atoms with Crippen LogP contribution in [-0.2, 0) is 22.6 Å². The number of para-hydroxylation sites is 1. The zero-order valence-corrected chi connectivity index (χ0v) is 19.3. The third-order valence-electron chi connectivity index (χ3n) is 6.56. The Kier molecular flexibility index (Phi) is 7.09. The van der Waals surface area contributed by atoms with E-state index in [4.69, 9.17) is 9.47 Å². The number of carbonyl (C=O) groups is 1. The van der Waals surface area contributed by atoms with E-state index in [1.54, 1.807) is 0 Å². The third kappa shape index (κ3) is 5.67. The molecule has 0 radical (unpaired) electrons. The quantitative estimate of drug-likeness (QED) is 0.408. The predicted octanol–water partition coefficient (Wildman–Crippen LogP) is 6.36. The van der Waals surface area contributed by atoms with Crippen LogP contribution in [0.3, 0.4) is 0 Å². The lowest BCUT2D eigenvalue weighted by Crippen LogP contribution is -2.36. The summed E-state index contributed by atoms with van der Waals surface area (Å²) < 4.78 is 11.8. The van der Waals surface area contributed by atoms with Crippen LogP contribution in [0.1, 0.15) is 51.3 Å². The van der Waals surface area contributed by atoms with Gasteiger partial charge < -0.3 is 9.47 Å². The highest BCUT2D eigenvalue weighted by atomic mass is 16.5. The van der Waals surface area contributed by atoms with Crippen molar-refractivity contribution in [3.05, 3.63) is 71.9 Å². The number of rotatable bonds is 7. The molecule has 0 aliphatic heterocycles. The molecule has 3 atom stereocenters. The van der Waals surface area contributed by atoms with Gasteiger partial charge in [0.15, 0.2) is 0 Å². The molecule has 0 saturated heterocycles. The monoisotopic (exact) mass is 431 g/mol. The number of hydrogen-bond acceptors (Lipinski definition) is 4. The average molecular weight is 432 g/mol. The van der Waals surface area contributed by atoms with Crippen molar-refractivity contribution in [2.45, 2.75) is 59.2 Å². The molecular formula is C28H33NO3. The van der Waals surface area contributed by atoms with Crippen molar-refractivity contribution in [3.8, 4) is 5.75 Å². The van der Waals surface area contributed by atoms with Crippen LogP contribution in [0.4, 0.5) is 0 Å². The van der Waals surface area contributed by atoms with Crippen molar-refractivity contribution in [2.24, 2.45) is 17.8 Å². The summed E-state index contributed by atoms with van der Waals surface area (Å²) in [6, 6.07) is 19.8. The number of fused-ring (bicyclic) bond motifs is 1. The van der Waals surface area contributed by atoms with Crippen LogP contribution in [0.5, 0.6) is 5.75 Å². The average Bonchev–Trinajstić information content (AvgIpc) is 2.78. The molecule has 0 bridgehead atoms. The van der Waals surface area contributed by atoms with Gasteiger partial charge in [0.05, 0.1) is 17.6 Å². The Balaban J connectivity index is 1.30. The van der Waals surface area contributed by atoms with Crippen molar-refractivity contribution in [3.63, 3.8) is 0 Å². The summed E-state index contributed by atoms with van der Waals surface area (Å²) in [7, 11) is 0. The summed E-state index contributed by atoms with van der Waals surface area (Å²) >= 11 is 0. The first-order valence-corrected chi connectivity index (χ1v) is 11.7. The second kappa shape index (κ2) is 10.2. The van der Waals surface area contributed by atoms with Crippen LogP contribution in [-0.4, -0.2) is 17.1 Å². The molecular weight excluding hydrogens is 398 g/mol. The molecule has 1 aromatic heterocycles. The molecule has 4 nitrogen and oxygen atoms in total. The SMILES string of the molecule is CC(C)C1CC[C@H](C)CC1OC(=O)Cc1ccc(OCc2ccc3ccccc3n2)cc1. The van der Waals surface area contributed by atoms with Gasteiger partial charge in [0.2, 0.25) is 0 Å². The Bertz CT molecular complexity index is 1040. The molecule has 0 spiro atoms. The van der Waals surface area contributed by atoms with Crippen molar-refractivity contribution in [1.82, 2.24) is 4.98 Å². The second-order valence-electron chi connectivity index (χ2n) is 9.46. The Morgan fingerprint density at radius 1 is 1.03 bits per heavy atom. The highest BCUT2D eigenvalue weighted by Crippen LogP contribution is 2.35. The van der Waals surface area contributed by atoms with E-state index in [-0.39, 0.29) is 12.1 Å². The lowest BCUT2D eigenvalue weighted by molar-refractivity contribution is -0.155. The summed E-state index contributed by atoms with van der Waals surface area (Å²) in [5, 5.41) is 1.12. The zero-order chi connectivity index (χ0) is 22.5. The molecule has 168 valence electrons. The lowest BCUT2D eigenvalue weighted by Gasteiger charge is -2.36. The summed E-state index contributed by atoms with van der Waals surface area (Å²) in [6.07, 6.45) is 3.69. The van der Waals surface area contributed by atoms with Crippen LogP contribution in [0.25, 0.3) is 10.9 Å². The predicted molar refractivity (Wildman–Crippen MR) is 127 cm³/mol. The molecule has 0 N–H and O–H groups in total. The standard InChI is InChI=1S/C28H33NO3/c1-19(2)25-15-8-20(3)16-27(25)32-28(30)17-21-9-13-24(14-10-21)31-18-23-12-11-22-6-4-5-7-26(22)29-23/h4-7,9-14,19-20,25,27H,8,15-18H2,1-3H3/t20-,25?,27?/m0/s1. The Hall–Kier alpha value is -2.88. The highest BCUT2D eigenvalue weighted by Gasteiger charge is 2.33. The molecule has 4 heteroatoms. The fourth-order valence-corrected chi connectivity index (χ4v) is 4.68. The van der Waals surface area contributed by atoms with E-state index in [0.29, 0.717) is 30.8 Å². The number of ether oxygens (including phenoxy) is 2. The Labute approximate surface area is 191 Å². The van der Waals surface area contributed by atoms with Gasteiger partial charge in [-0.1, -0.05) is 63.6 Å². The first kappa shape index (κ1) is 22.3. The molecule has 0 amide bonds. The molecule has 1 fully saturated rings. The number of aromatic nitrogens is 1. The van der Waals surface area contributed by atoms with Crippen LogP contribution in [0.15, 0.2) is 60.7 Å². The van der Waals surface area contributed by atoms with E-state index in [1.807, 2.05) is 48.5 Å². The van der Waals surface area contributed by atoms with Crippen molar-refractivity contribution < 1.29 is 14.3 Å². The van der Waals surface area contributed by atoms with Gasteiger partial charge in [0.25, 0.3) is 0 Å². The van der Waals surface area contributed by atoms with Gasteiger partial charge >= 0.3 is 5.97 Å². The van der Waals surface area contributed by atoms with Crippen molar-refractivity contribution in [1.29, 1.82) is 0 Å². The first-order valence-electron chi connectivity index (χ1n) is 11.7. The smallest absolute Gasteiger partial charge is 0.310 e.